The molecular weight excluding hydrogens is 346 g/mol. The van der Waals surface area contributed by atoms with Crippen molar-refractivity contribution in [2.45, 2.75) is 31.0 Å². The van der Waals surface area contributed by atoms with Gasteiger partial charge in [-0.25, -0.2) is 0 Å². The third kappa shape index (κ3) is 6.01. The van der Waals surface area contributed by atoms with E-state index in [-0.39, 0.29) is 12.5 Å². The maximum atomic E-state index is 12.0. The predicted octanol–water partition coefficient (Wildman–Crippen LogP) is 3.85. The third-order valence-electron chi connectivity index (χ3n) is 2.88. The third-order valence-corrected chi connectivity index (χ3v) is 4.94. The van der Waals surface area contributed by atoms with E-state index in [0.717, 1.165) is 22.9 Å². The van der Waals surface area contributed by atoms with Crippen LogP contribution < -0.4 is 14.8 Å². The first kappa shape index (κ1) is 18.5. The zero-order valence-corrected chi connectivity index (χ0v) is 15.4. The van der Waals surface area contributed by atoms with Gasteiger partial charge in [0.2, 0.25) is 5.13 Å². The Morgan fingerprint density at radius 2 is 1.96 bits per heavy atom. The maximum absolute atomic E-state index is 12.0. The van der Waals surface area contributed by atoms with E-state index in [1.54, 1.807) is 23.9 Å². The van der Waals surface area contributed by atoms with Crippen molar-refractivity contribution < 1.29 is 14.3 Å². The number of unbranched alkanes of at least 4 members (excludes halogenated alkanes) is 1. The lowest BCUT2D eigenvalue weighted by molar-refractivity contribution is -0.118. The highest BCUT2D eigenvalue weighted by Gasteiger charge is 2.11. The highest BCUT2D eigenvalue weighted by atomic mass is 32.2. The summed E-state index contributed by atoms with van der Waals surface area (Å²) in [6, 6.07) is 7.27. The molecule has 2 rings (SSSR count). The van der Waals surface area contributed by atoms with E-state index < -0.39 is 0 Å². The number of nitrogens with zero attached hydrogens (tertiary/aromatic N) is 2. The molecule has 6 nitrogen and oxygen atoms in total. The number of hydrogen-bond acceptors (Lipinski definition) is 7. The van der Waals surface area contributed by atoms with Gasteiger partial charge in [0, 0.05) is 5.75 Å². The molecule has 1 aromatic heterocycles. The van der Waals surface area contributed by atoms with Gasteiger partial charge in [0.25, 0.3) is 5.91 Å². The molecule has 1 heterocycles. The normalized spacial score (nSPS) is 10.4. The minimum absolute atomic E-state index is 0.109. The lowest BCUT2D eigenvalue weighted by atomic mass is 10.3. The molecule has 8 heteroatoms. The first-order valence-corrected chi connectivity index (χ1v) is 9.64. The fraction of sp³-hybridized carbons (Fsp3) is 0.438. The SMILES string of the molecule is CCCCSc1nnc(NC(=O)COc2ccccc2OCC)s1. The molecule has 24 heavy (non-hydrogen) atoms. The van der Waals surface area contributed by atoms with Crippen LogP contribution in [0.3, 0.4) is 0 Å². The number of carbonyl (C=O) groups is 1. The second kappa shape index (κ2) is 10.1. The highest BCUT2D eigenvalue weighted by Crippen LogP contribution is 2.27. The van der Waals surface area contributed by atoms with Crippen LogP contribution in [0.5, 0.6) is 11.5 Å². The molecule has 0 aliphatic carbocycles. The Balaban J connectivity index is 1.81. The van der Waals surface area contributed by atoms with E-state index in [1.165, 1.54) is 11.3 Å². The van der Waals surface area contributed by atoms with Crippen LogP contribution in [-0.2, 0) is 4.79 Å². The van der Waals surface area contributed by atoms with E-state index in [0.29, 0.717) is 23.2 Å². The standard InChI is InChI=1S/C16H21N3O3S2/c1-3-5-10-23-16-19-18-15(24-16)17-14(20)11-22-13-9-7-6-8-12(13)21-4-2/h6-9H,3-5,10-11H2,1-2H3,(H,17,18,20). The van der Waals surface area contributed by atoms with Gasteiger partial charge >= 0.3 is 0 Å². The summed E-state index contributed by atoms with van der Waals surface area (Å²) in [7, 11) is 0. The van der Waals surface area contributed by atoms with Crippen LogP contribution in [-0.4, -0.2) is 35.1 Å². The number of hydrogen-bond donors (Lipinski definition) is 1. The molecule has 0 aliphatic heterocycles. The van der Waals surface area contributed by atoms with Crippen LogP contribution in [0.1, 0.15) is 26.7 Å². The summed E-state index contributed by atoms with van der Waals surface area (Å²) in [6.07, 6.45) is 2.29. The van der Waals surface area contributed by atoms with Gasteiger partial charge in [-0.3, -0.25) is 10.1 Å². The van der Waals surface area contributed by atoms with Crippen molar-refractivity contribution in [3.63, 3.8) is 0 Å². The number of aromatic nitrogens is 2. The minimum Gasteiger partial charge on any atom is -0.490 e. The molecule has 1 N–H and O–H groups in total. The molecule has 0 saturated carbocycles. The number of thioether (sulfide) groups is 1. The van der Waals surface area contributed by atoms with Crippen LogP contribution in [0.25, 0.3) is 0 Å². The predicted molar refractivity (Wildman–Crippen MR) is 97.3 cm³/mol. The van der Waals surface area contributed by atoms with E-state index in [1.807, 2.05) is 19.1 Å². The Bertz CT molecular complexity index is 649. The van der Waals surface area contributed by atoms with Crippen molar-refractivity contribution in [3.05, 3.63) is 24.3 Å². The average Bonchev–Trinajstić information content (AvgIpc) is 3.02. The summed E-state index contributed by atoms with van der Waals surface area (Å²) in [5.74, 6) is 1.90. The Hall–Kier alpha value is -1.80. The van der Waals surface area contributed by atoms with Gasteiger partial charge in [-0.05, 0) is 25.5 Å². The molecular formula is C16H21N3O3S2. The molecule has 2 aromatic rings. The maximum Gasteiger partial charge on any atom is 0.264 e. The molecule has 0 bridgehead atoms. The average molecular weight is 367 g/mol. The summed E-state index contributed by atoms with van der Waals surface area (Å²) < 4.78 is 11.8. The number of anilines is 1. The van der Waals surface area contributed by atoms with Crippen molar-refractivity contribution in [3.8, 4) is 11.5 Å². The quantitative estimate of drug-likeness (QED) is 0.391. The molecule has 1 amide bonds. The lowest BCUT2D eigenvalue weighted by Gasteiger charge is -2.10. The van der Waals surface area contributed by atoms with Gasteiger partial charge in [0.05, 0.1) is 6.61 Å². The smallest absolute Gasteiger partial charge is 0.264 e. The number of carbonyl (C=O) groups excluding carboxylic acids is 1. The van der Waals surface area contributed by atoms with E-state index in [2.05, 4.69) is 22.4 Å². The van der Waals surface area contributed by atoms with Crippen LogP contribution >= 0.6 is 23.1 Å². The van der Waals surface area contributed by atoms with Crippen LogP contribution in [0.2, 0.25) is 0 Å². The number of benzene rings is 1. The second-order valence-corrected chi connectivity index (χ2v) is 7.11. The number of para-hydroxylation sites is 2. The molecule has 0 unspecified atom stereocenters. The van der Waals surface area contributed by atoms with Gasteiger partial charge in [0.15, 0.2) is 22.4 Å². The Morgan fingerprint density at radius 3 is 2.67 bits per heavy atom. The summed E-state index contributed by atoms with van der Waals surface area (Å²) in [4.78, 5) is 12.0. The Kier molecular flexibility index (Phi) is 7.84. The summed E-state index contributed by atoms with van der Waals surface area (Å²) in [5.41, 5.74) is 0. The van der Waals surface area contributed by atoms with Crippen molar-refractivity contribution in [1.29, 1.82) is 0 Å². The number of nitrogens with one attached hydrogen (secondary N) is 1. The summed E-state index contributed by atoms with van der Waals surface area (Å²) in [6.45, 7) is 4.48. The Labute approximate surface area is 150 Å². The number of ether oxygens (including phenoxy) is 2. The van der Waals surface area contributed by atoms with E-state index in [9.17, 15) is 4.79 Å². The summed E-state index contributed by atoms with van der Waals surface area (Å²) in [5, 5.41) is 11.2. The topological polar surface area (TPSA) is 73.3 Å². The monoisotopic (exact) mass is 367 g/mol. The van der Waals surface area contributed by atoms with Crippen LogP contribution in [0.15, 0.2) is 28.6 Å². The number of rotatable bonds is 10. The van der Waals surface area contributed by atoms with Crippen molar-refractivity contribution in [2.75, 3.05) is 24.3 Å². The molecule has 0 fully saturated rings. The largest absolute Gasteiger partial charge is 0.490 e. The molecule has 130 valence electrons. The second-order valence-electron chi connectivity index (χ2n) is 4.79. The molecule has 0 atom stereocenters. The lowest BCUT2D eigenvalue weighted by Crippen LogP contribution is -2.20. The first-order valence-electron chi connectivity index (χ1n) is 7.83. The Morgan fingerprint density at radius 1 is 1.21 bits per heavy atom. The van der Waals surface area contributed by atoms with Gasteiger partial charge in [-0.2, -0.15) is 0 Å². The zero-order valence-electron chi connectivity index (χ0n) is 13.8. The van der Waals surface area contributed by atoms with Crippen molar-refractivity contribution >= 4 is 34.1 Å². The summed E-state index contributed by atoms with van der Waals surface area (Å²) >= 11 is 3.03. The fourth-order valence-corrected chi connectivity index (χ4v) is 3.69. The van der Waals surface area contributed by atoms with Crippen molar-refractivity contribution in [1.82, 2.24) is 10.2 Å². The van der Waals surface area contributed by atoms with Crippen molar-refractivity contribution in [2.24, 2.45) is 0 Å². The van der Waals surface area contributed by atoms with Gasteiger partial charge < -0.3 is 9.47 Å². The first-order chi connectivity index (χ1) is 11.7. The van der Waals surface area contributed by atoms with E-state index in [4.69, 9.17) is 9.47 Å². The number of amides is 1. The molecule has 0 radical (unpaired) electrons. The van der Waals surface area contributed by atoms with Crippen LogP contribution in [0.4, 0.5) is 5.13 Å². The fourth-order valence-electron chi connectivity index (χ4n) is 1.77. The molecule has 1 aromatic carbocycles. The van der Waals surface area contributed by atoms with E-state index >= 15 is 0 Å². The zero-order chi connectivity index (χ0) is 17.2. The minimum atomic E-state index is -0.275. The molecule has 0 spiro atoms. The molecule has 0 saturated heterocycles. The highest BCUT2D eigenvalue weighted by molar-refractivity contribution is 8.01. The molecule has 0 aliphatic rings. The van der Waals surface area contributed by atoms with Gasteiger partial charge in [-0.1, -0.05) is 48.6 Å². The van der Waals surface area contributed by atoms with Crippen LogP contribution in [0, 0.1) is 0 Å². The van der Waals surface area contributed by atoms with Gasteiger partial charge in [-0.15, -0.1) is 10.2 Å². The van der Waals surface area contributed by atoms with Gasteiger partial charge in [0.1, 0.15) is 0 Å².